The van der Waals surface area contributed by atoms with Crippen molar-refractivity contribution in [2.75, 3.05) is 11.6 Å². The van der Waals surface area contributed by atoms with Gasteiger partial charge in [0.05, 0.1) is 10.6 Å². The fourth-order valence-electron chi connectivity index (χ4n) is 1.63. The maximum Gasteiger partial charge on any atom is 0.255 e. The Morgan fingerprint density at radius 3 is 2.33 bits per heavy atom. The van der Waals surface area contributed by atoms with Crippen LogP contribution in [0.25, 0.3) is 0 Å². The number of carbonyl (C=O) groups excluding carboxylic acids is 1. The molecule has 21 heavy (non-hydrogen) atoms. The van der Waals surface area contributed by atoms with E-state index in [2.05, 4.69) is 27.9 Å². The molecule has 4 nitrogen and oxygen atoms in total. The van der Waals surface area contributed by atoms with Gasteiger partial charge in [-0.2, -0.15) is 0 Å². The minimum atomic E-state index is -3.47. The summed E-state index contributed by atoms with van der Waals surface area (Å²) in [4.78, 5) is 12.0. The second-order valence-electron chi connectivity index (χ2n) is 4.37. The maximum absolute atomic E-state index is 13.7. The average Bonchev–Trinajstić information content (AvgIpc) is 2.40. The van der Waals surface area contributed by atoms with Crippen molar-refractivity contribution in [1.29, 1.82) is 0 Å². The van der Waals surface area contributed by atoms with Crippen molar-refractivity contribution < 1.29 is 17.6 Å². The van der Waals surface area contributed by atoms with E-state index in [9.17, 15) is 17.6 Å². The average molecular weight is 419 g/mol. The van der Waals surface area contributed by atoms with E-state index in [1.807, 2.05) is 0 Å². The molecule has 0 bridgehead atoms. The Labute approximate surface area is 135 Å². The van der Waals surface area contributed by atoms with Crippen LogP contribution in [-0.2, 0) is 9.84 Å². The number of carbonyl (C=O) groups is 1. The molecule has 0 spiro atoms. The molecule has 2 rings (SSSR count). The number of amides is 1. The molecule has 0 aliphatic heterocycles. The summed E-state index contributed by atoms with van der Waals surface area (Å²) < 4.78 is 37.6. The third kappa shape index (κ3) is 4.01. The van der Waals surface area contributed by atoms with Crippen LogP contribution < -0.4 is 5.32 Å². The highest BCUT2D eigenvalue weighted by Gasteiger charge is 2.14. The van der Waals surface area contributed by atoms with Crippen molar-refractivity contribution in [2.45, 2.75) is 4.90 Å². The van der Waals surface area contributed by atoms with Crippen LogP contribution in [0.1, 0.15) is 10.4 Å². The van der Waals surface area contributed by atoms with Crippen LogP contribution in [0.4, 0.5) is 10.1 Å². The summed E-state index contributed by atoms with van der Waals surface area (Å²) in [6.45, 7) is 0. The molecule has 1 amide bonds. The molecule has 0 fully saturated rings. The van der Waals surface area contributed by atoms with Crippen molar-refractivity contribution in [3.63, 3.8) is 0 Å². The standard InChI is InChI=1S/C14H11FINO3S/c1-21(19,20)11-6-7-12(15)13(8-11)17-14(18)9-2-4-10(16)5-3-9/h2-8H,1H3,(H,17,18). The van der Waals surface area contributed by atoms with Crippen molar-refractivity contribution in [2.24, 2.45) is 0 Å². The molecule has 0 saturated carbocycles. The number of nitrogens with one attached hydrogen (secondary N) is 1. The number of hydrogen-bond donors (Lipinski definition) is 1. The molecule has 2 aromatic rings. The van der Waals surface area contributed by atoms with Gasteiger partial charge in [-0.1, -0.05) is 0 Å². The first-order chi connectivity index (χ1) is 9.77. The summed E-state index contributed by atoms with van der Waals surface area (Å²) in [7, 11) is -3.47. The third-order valence-electron chi connectivity index (χ3n) is 2.72. The predicted molar refractivity (Wildman–Crippen MR) is 86.6 cm³/mol. The molecule has 0 unspecified atom stereocenters. The highest BCUT2D eigenvalue weighted by molar-refractivity contribution is 14.1. The molecule has 7 heteroatoms. The van der Waals surface area contributed by atoms with Crippen LogP contribution in [-0.4, -0.2) is 20.6 Å². The smallest absolute Gasteiger partial charge is 0.255 e. The summed E-state index contributed by atoms with van der Waals surface area (Å²) in [5.74, 6) is -1.20. The van der Waals surface area contributed by atoms with Gasteiger partial charge in [-0.3, -0.25) is 4.79 Å². The number of anilines is 1. The highest BCUT2D eigenvalue weighted by atomic mass is 127. The minimum Gasteiger partial charge on any atom is -0.319 e. The Kier molecular flexibility index (Phi) is 4.62. The third-order valence-corrected chi connectivity index (χ3v) is 4.55. The van der Waals surface area contributed by atoms with Gasteiger partial charge in [-0.25, -0.2) is 12.8 Å². The van der Waals surface area contributed by atoms with Crippen LogP contribution in [0.5, 0.6) is 0 Å². The fraction of sp³-hybridized carbons (Fsp3) is 0.0714. The van der Waals surface area contributed by atoms with Crippen molar-refractivity contribution >= 4 is 44.0 Å². The summed E-state index contributed by atoms with van der Waals surface area (Å²) in [6.07, 6.45) is 1.02. The Bertz CT molecular complexity index is 788. The summed E-state index contributed by atoms with van der Waals surface area (Å²) in [5.41, 5.74) is 0.195. The molecular formula is C14H11FINO3S. The van der Waals surface area contributed by atoms with Gasteiger partial charge in [0, 0.05) is 15.4 Å². The molecule has 0 aliphatic rings. The number of sulfone groups is 1. The normalized spacial score (nSPS) is 11.2. The van der Waals surface area contributed by atoms with E-state index in [1.165, 1.54) is 0 Å². The van der Waals surface area contributed by atoms with Gasteiger partial charge in [0.2, 0.25) is 0 Å². The fourth-order valence-corrected chi connectivity index (χ4v) is 2.63. The van der Waals surface area contributed by atoms with Crippen LogP contribution >= 0.6 is 22.6 Å². The van der Waals surface area contributed by atoms with E-state index >= 15 is 0 Å². The van der Waals surface area contributed by atoms with Gasteiger partial charge in [0.25, 0.3) is 5.91 Å². The number of benzene rings is 2. The monoisotopic (exact) mass is 419 g/mol. The van der Waals surface area contributed by atoms with E-state index in [4.69, 9.17) is 0 Å². The summed E-state index contributed by atoms with van der Waals surface area (Å²) in [6, 6.07) is 9.99. The second-order valence-corrected chi connectivity index (χ2v) is 7.64. The van der Waals surface area contributed by atoms with E-state index in [0.717, 1.165) is 28.0 Å². The molecular weight excluding hydrogens is 408 g/mol. The maximum atomic E-state index is 13.7. The van der Waals surface area contributed by atoms with Gasteiger partial charge in [-0.15, -0.1) is 0 Å². The lowest BCUT2D eigenvalue weighted by Crippen LogP contribution is -2.13. The number of hydrogen-bond acceptors (Lipinski definition) is 3. The van der Waals surface area contributed by atoms with Gasteiger partial charge < -0.3 is 5.32 Å². The number of halogens is 2. The molecule has 0 heterocycles. The number of rotatable bonds is 3. The van der Waals surface area contributed by atoms with Crippen LogP contribution in [0.15, 0.2) is 47.4 Å². The predicted octanol–water partition coefficient (Wildman–Crippen LogP) is 3.09. The van der Waals surface area contributed by atoms with Crippen LogP contribution in [0, 0.1) is 9.39 Å². The molecule has 2 aromatic carbocycles. The SMILES string of the molecule is CS(=O)(=O)c1ccc(F)c(NC(=O)c2ccc(I)cc2)c1. The molecule has 0 saturated heterocycles. The molecule has 0 aliphatic carbocycles. The van der Waals surface area contributed by atoms with Gasteiger partial charge in [-0.05, 0) is 65.1 Å². The topological polar surface area (TPSA) is 63.2 Å². The van der Waals surface area contributed by atoms with E-state index in [-0.39, 0.29) is 10.6 Å². The highest BCUT2D eigenvalue weighted by Crippen LogP contribution is 2.20. The Morgan fingerprint density at radius 2 is 1.76 bits per heavy atom. The largest absolute Gasteiger partial charge is 0.319 e. The summed E-state index contributed by atoms with van der Waals surface area (Å²) in [5, 5.41) is 2.38. The lowest BCUT2D eigenvalue weighted by Gasteiger charge is -2.08. The molecule has 110 valence electrons. The van der Waals surface area contributed by atoms with Crippen molar-refractivity contribution in [3.05, 3.63) is 57.4 Å². The van der Waals surface area contributed by atoms with Crippen LogP contribution in [0.2, 0.25) is 0 Å². The van der Waals surface area contributed by atoms with Crippen LogP contribution in [0.3, 0.4) is 0 Å². The van der Waals surface area contributed by atoms with Crippen molar-refractivity contribution in [3.8, 4) is 0 Å². The van der Waals surface area contributed by atoms with Gasteiger partial charge in [0.1, 0.15) is 5.82 Å². The minimum absolute atomic E-state index is 0.0539. The van der Waals surface area contributed by atoms with E-state index in [1.54, 1.807) is 24.3 Å². The zero-order valence-electron chi connectivity index (χ0n) is 10.9. The first-order valence-electron chi connectivity index (χ1n) is 5.84. The molecule has 1 N–H and O–H groups in total. The zero-order chi connectivity index (χ0) is 15.6. The van der Waals surface area contributed by atoms with Gasteiger partial charge >= 0.3 is 0 Å². The Balaban J connectivity index is 2.31. The lowest BCUT2D eigenvalue weighted by molar-refractivity contribution is 0.102. The Hall–Kier alpha value is -1.48. The quantitative estimate of drug-likeness (QED) is 0.615. The molecule has 0 radical (unpaired) electrons. The van der Waals surface area contributed by atoms with Crippen molar-refractivity contribution in [1.82, 2.24) is 0 Å². The molecule has 0 aromatic heterocycles. The Morgan fingerprint density at radius 1 is 1.14 bits per heavy atom. The first kappa shape index (κ1) is 15.9. The second kappa shape index (κ2) is 6.10. The van der Waals surface area contributed by atoms with E-state index < -0.39 is 21.6 Å². The van der Waals surface area contributed by atoms with E-state index in [0.29, 0.717) is 5.56 Å². The zero-order valence-corrected chi connectivity index (χ0v) is 13.9. The first-order valence-corrected chi connectivity index (χ1v) is 8.81. The molecule has 0 atom stereocenters. The van der Waals surface area contributed by atoms with Gasteiger partial charge in [0.15, 0.2) is 9.84 Å². The summed E-state index contributed by atoms with van der Waals surface area (Å²) >= 11 is 2.10. The lowest BCUT2D eigenvalue weighted by atomic mass is 10.2.